The van der Waals surface area contributed by atoms with Gasteiger partial charge >= 0.3 is 6.03 Å². The van der Waals surface area contributed by atoms with Crippen LogP contribution in [0.15, 0.2) is 59.2 Å². The van der Waals surface area contributed by atoms with Crippen LogP contribution in [0.4, 0.5) is 21.9 Å². The first kappa shape index (κ1) is 19.4. The van der Waals surface area contributed by atoms with Crippen LogP contribution in [0.25, 0.3) is 0 Å². The Morgan fingerprint density at radius 3 is 2.63 bits per heavy atom. The molecule has 1 aliphatic rings. The number of carbonyl (C=O) groups is 2. The maximum Gasteiger partial charge on any atom is 0.323 e. The van der Waals surface area contributed by atoms with E-state index >= 15 is 0 Å². The fraction of sp³-hybridized carbons (Fsp3) is 0.182. The fourth-order valence-electron chi connectivity index (χ4n) is 3.39. The van der Waals surface area contributed by atoms with Gasteiger partial charge in [0.2, 0.25) is 0 Å². The topological polar surface area (TPSA) is 93.0 Å². The SMILES string of the molecule is COc1ccc(NC(=O)Nc2ccc3c(c2)N(C(=O)c2ccco2)CC3)c(OC)c1. The molecule has 0 saturated carbocycles. The molecule has 2 N–H and O–H groups in total. The van der Waals surface area contributed by atoms with Crippen molar-refractivity contribution >= 4 is 29.0 Å². The molecule has 0 atom stereocenters. The number of amides is 3. The first-order valence-electron chi connectivity index (χ1n) is 9.37. The Morgan fingerprint density at radius 2 is 1.90 bits per heavy atom. The molecule has 2 aromatic carbocycles. The minimum absolute atomic E-state index is 0.205. The zero-order valence-electron chi connectivity index (χ0n) is 16.6. The second kappa shape index (κ2) is 8.20. The van der Waals surface area contributed by atoms with Gasteiger partial charge in [0.05, 0.1) is 26.2 Å². The molecule has 0 radical (unpaired) electrons. The van der Waals surface area contributed by atoms with Crippen molar-refractivity contribution in [2.75, 3.05) is 36.3 Å². The predicted molar refractivity (Wildman–Crippen MR) is 113 cm³/mol. The summed E-state index contributed by atoms with van der Waals surface area (Å²) in [7, 11) is 3.07. The summed E-state index contributed by atoms with van der Waals surface area (Å²) in [6.07, 6.45) is 2.22. The van der Waals surface area contributed by atoms with E-state index in [1.807, 2.05) is 12.1 Å². The molecule has 8 nitrogen and oxygen atoms in total. The number of ether oxygens (including phenoxy) is 2. The normalized spacial score (nSPS) is 12.3. The van der Waals surface area contributed by atoms with Crippen molar-refractivity contribution in [1.82, 2.24) is 0 Å². The van der Waals surface area contributed by atoms with E-state index in [0.29, 0.717) is 29.4 Å². The molecule has 0 unspecified atom stereocenters. The molecule has 2 heterocycles. The Kier molecular flexibility index (Phi) is 5.30. The molecule has 0 fully saturated rings. The second-order valence-corrected chi connectivity index (χ2v) is 6.67. The minimum atomic E-state index is -0.430. The van der Waals surface area contributed by atoms with Crippen LogP contribution in [0.5, 0.6) is 11.5 Å². The number of carbonyl (C=O) groups excluding carboxylic acids is 2. The van der Waals surface area contributed by atoms with E-state index in [9.17, 15) is 9.59 Å². The van der Waals surface area contributed by atoms with Gasteiger partial charge in [-0.1, -0.05) is 6.07 Å². The summed E-state index contributed by atoms with van der Waals surface area (Å²) < 4.78 is 15.7. The number of hydrogen-bond donors (Lipinski definition) is 2. The molecular formula is C22H21N3O5. The average molecular weight is 407 g/mol. The maximum atomic E-state index is 12.7. The van der Waals surface area contributed by atoms with Crippen LogP contribution in [0, 0.1) is 0 Å². The van der Waals surface area contributed by atoms with E-state index < -0.39 is 6.03 Å². The number of fused-ring (bicyclic) bond motifs is 1. The van der Waals surface area contributed by atoms with Crippen LogP contribution in [-0.4, -0.2) is 32.7 Å². The van der Waals surface area contributed by atoms with Gasteiger partial charge in [0.25, 0.3) is 5.91 Å². The van der Waals surface area contributed by atoms with Crippen molar-refractivity contribution in [2.45, 2.75) is 6.42 Å². The largest absolute Gasteiger partial charge is 0.497 e. The molecule has 1 aliphatic heterocycles. The Balaban J connectivity index is 1.49. The van der Waals surface area contributed by atoms with Crippen LogP contribution in [0.3, 0.4) is 0 Å². The van der Waals surface area contributed by atoms with Gasteiger partial charge < -0.3 is 29.4 Å². The van der Waals surface area contributed by atoms with E-state index in [2.05, 4.69) is 10.6 Å². The van der Waals surface area contributed by atoms with Gasteiger partial charge in [-0.2, -0.15) is 0 Å². The molecule has 3 aromatic rings. The van der Waals surface area contributed by atoms with Gasteiger partial charge in [0.1, 0.15) is 11.5 Å². The van der Waals surface area contributed by atoms with E-state index in [0.717, 1.165) is 17.7 Å². The molecule has 8 heteroatoms. The summed E-state index contributed by atoms with van der Waals surface area (Å²) in [4.78, 5) is 26.8. The zero-order valence-corrected chi connectivity index (χ0v) is 16.6. The highest BCUT2D eigenvalue weighted by Gasteiger charge is 2.27. The number of benzene rings is 2. The van der Waals surface area contributed by atoms with Gasteiger partial charge in [0.15, 0.2) is 5.76 Å². The molecule has 0 saturated heterocycles. The van der Waals surface area contributed by atoms with Crippen molar-refractivity contribution in [3.8, 4) is 11.5 Å². The minimum Gasteiger partial charge on any atom is -0.497 e. The second-order valence-electron chi connectivity index (χ2n) is 6.67. The molecule has 30 heavy (non-hydrogen) atoms. The third-order valence-electron chi connectivity index (χ3n) is 4.87. The van der Waals surface area contributed by atoms with Gasteiger partial charge in [-0.3, -0.25) is 4.79 Å². The molecule has 4 rings (SSSR count). The Morgan fingerprint density at radius 1 is 1.03 bits per heavy atom. The van der Waals surface area contributed by atoms with Gasteiger partial charge in [-0.05, 0) is 48.4 Å². The average Bonchev–Trinajstić information content (AvgIpc) is 3.43. The van der Waals surface area contributed by atoms with Gasteiger partial charge in [-0.15, -0.1) is 0 Å². The standard InChI is InChI=1S/C22H21N3O5/c1-28-16-7-8-17(20(13-16)29-2)24-22(27)23-15-6-5-14-9-10-25(18(14)12-15)21(26)19-4-3-11-30-19/h3-8,11-13H,9-10H2,1-2H3,(H2,23,24,27). The molecule has 1 aromatic heterocycles. The number of furan rings is 1. The zero-order chi connectivity index (χ0) is 21.1. The van der Waals surface area contributed by atoms with E-state index in [1.54, 1.807) is 48.4 Å². The van der Waals surface area contributed by atoms with Crippen molar-refractivity contribution in [1.29, 1.82) is 0 Å². The van der Waals surface area contributed by atoms with Crippen molar-refractivity contribution in [2.24, 2.45) is 0 Å². The highest BCUT2D eigenvalue weighted by molar-refractivity contribution is 6.06. The molecular weight excluding hydrogens is 386 g/mol. The Bertz CT molecular complexity index is 1080. The van der Waals surface area contributed by atoms with E-state index in [4.69, 9.17) is 13.9 Å². The first-order chi connectivity index (χ1) is 14.6. The molecule has 154 valence electrons. The summed E-state index contributed by atoms with van der Waals surface area (Å²) in [5, 5.41) is 5.56. The number of nitrogens with zero attached hydrogens (tertiary/aromatic N) is 1. The molecule has 3 amide bonds. The predicted octanol–water partition coefficient (Wildman–Crippen LogP) is 4.14. The van der Waals surface area contributed by atoms with Gasteiger partial charge in [-0.25, -0.2) is 4.79 Å². The number of hydrogen-bond acceptors (Lipinski definition) is 5. The number of methoxy groups -OCH3 is 2. The lowest BCUT2D eigenvalue weighted by Gasteiger charge is -2.17. The Hall–Kier alpha value is -3.94. The monoisotopic (exact) mass is 407 g/mol. The van der Waals surface area contributed by atoms with Crippen LogP contribution in [-0.2, 0) is 6.42 Å². The lowest BCUT2D eigenvalue weighted by atomic mass is 10.1. The third kappa shape index (κ3) is 3.80. The summed E-state index contributed by atoms with van der Waals surface area (Å²) in [5.41, 5.74) is 2.87. The maximum absolute atomic E-state index is 12.7. The highest BCUT2D eigenvalue weighted by Crippen LogP contribution is 2.33. The summed E-state index contributed by atoms with van der Waals surface area (Å²) >= 11 is 0. The smallest absolute Gasteiger partial charge is 0.323 e. The Labute approximate surface area is 173 Å². The van der Waals surface area contributed by atoms with E-state index in [1.165, 1.54) is 13.4 Å². The summed E-state index contributed by atoms with van der Waals surface area (Å²) in [6.45, 7) is 0.563. The van der Waals surface area contributed by atoms with Crippen molar-refractivity contribution < 1.29 is 23.5 Å². The quantitative estimate of drug-likeness (QED) is 0.663. The molecule has 0 aliphatic carbocycles. The molecule has 0 bridgehead atoms. The number of urea groups is 1. The fourth-order valence-corrected chi connectivity index (χ4v) is 3.39. The third-order valence-corrected chi connectivity index (χ3v) is 4.87. The number of anilines is 3. The van der Waals surface area contributed by atoms with Crippen LogP contribution < -0.4 is 25.0 Å². The first-order valence-corrected chi connectivity index (χ1v) is 9.37. The van der Waals surface area contributed by atoms with Crippen molar-refractivity contribution in [3.05, 3.63) is 66.1 Å². The van der Waals surface area contributed by atoms with Gasteiger partial charge in [0, 0.05) is 24.0 Å². The number of nitrogens with one attached hydrogen (secondary N) is 2. The van der Waals surface area contributed by atoms with Crippen LogP contribution in [0.1, 0.15) is 16.1 Å². The lowest BCUT2D eigenvalue weighted by Crippen LogP contribution is -2.28. The lowest BCUT2D eigenvalue weighted by molar-refractivity contribution is 0.0963. The van der Waals surface area contributed by atoms with Crippen LogP contribution in [0.2, 0.25) is 0 Å². The van der Waals surface area contributed by atoms with Crippen molar-refractivity contribution in [3.63, 3.8) is 0 Å². The number of rotatable bonds is 5. The molecule has 0 spiro atoms. The summed E-state index contributed by atoms with van der Waals surface area (Å²) in [6, 6.07) is 13.5. The van der Waals surface area contributed by atoms with E-state index in [-0.39, 0.29) is 11.7 Å². The highest BCUT2D eigenvalue weighted by atomic mass is 16.5. The summed E-state index contributed by atoms with van der Waals surface area (Å²) in [5.74, 6) is 1.18. The van der Waals surface area contributed by atoms with Crippen LogP contribution >= 0.6 is 0 Å².